The number of aromatic amines is 1. The van der Waals surface area contributed by atoms with Crippen LogP contribution in [0.25, 0.3) is 32.3 Å². The van der Waals surface area contributed by atoms with Gasteiger partial charge >= 0.3 is 6.36 Å². The molecule has 2 unspecified atom stereocenters. The number of amides is 2. The van der Waals surface area contributed by atoms with E-state index in [9.17, 15) is 22.8 Å². The van der Waals surface area contributed by atoms with E-state index in [1.54, 1.807) is 10.9 Å². The van der Waals surface area contributed by atoms with Crippen molar-refractivity contribution in [3.05, 3.63) is 53.2 Å². The number of ether oxygens (including phenoxy) is 1. The van der Waals surface area contributed by atoms with Crippen LogP contribution < -0.4 is 10.6 Å². The molecular weight excluding hydrogens is 507 g/mol. The van der Waals surface area contributed by atoms with Crippen molar-refractivity contribution in [3.8, 4) is 0 Å². The average Bonchev–Trinajstić information content (AvgIpc) is 3.61. The van der Waals surface area contributed by atoms with Crippen LogP contribution in [0.4, 0.5) is 13.2 Å². The van der Waals surface area contributed by atoms with E-state index in [2.05, 4.69) is 20.4 Å². The van der Waals surface area contributed by atoms with Gasteiger partial charge in [-0.1, -0.05) is 18.2 Å². The lowest BCUT2D eigenvalue weighted by Gasteiger charge is -2.30. The minimum Gasteiger partial charge on any atom is -0.352 e. The summed E-state index contributed by atoms with van der Waals surface area (Å²) >= 11 is 1.51. The lowest BCUT2D eigenvalue weighted by atomic mass is 9.92. The van der Waals surface area contributed by atoms with Crippen molar-refractivity contribution >= 4 is 55.4 Å². The number of thiophene rings is 1. The molecule has 192 valence electrons. The Balaban J connectivity index is 1.37. The molecule has 12 heteroatoms. The van der Waals surface area contributed by atoms with Gasteiger partial charge in [0.15, 0.2) is 0 Å². The normalized spacial score (nSPS) is 20.9. The molecule has 4 aromatic rings. The van der Waals surface area contributed by atoms with Gasteiger partial charge in [-0.05, 0) is 42.8 Å². The van der Waals surface area contributed by atoms with Gasteiger partial charge in [0.1, 0.15) is 10.5 Å². The number of nitrogens with one attached hydrogen (secondary N) is 3. The van der Waals surface area contributed by atoms with E-state index >= 15 is 0 Å². The third-order valence-electron chi connectivity index (χ3n) is 6.88. The summed E-state index contributed by atoms with van der Waals surface area (Å²) in [6.07, 6.45) is -1.68. The number of fused-ring (bicyclic) bond motifs is 2. The number of para-hydroxylation sites is 1. The summed E-state index contributed by atoms with van der Waals surface area (Å²) in [6.45, 7) is 0.581. The lowest BCUT2D eigenvalue weighted by Crippen LogP contribution is -2.43. The molecule has 3 aromatic heterocycles. The van der Waals surface area contributed by atoms with Gasteiger partial charge in [-0.2, -0.15) is 5.10 Å². The Morgan fingerprint density at radius 2 is 1.92 bits per heavy atom. The number of aromatic nitrogens is 3. The quantitative estimate of drug-likeness (QED) is 0.327. The van der Waals surface area contributed by atoms with Crippen LogP contribution in [0.1, 0.15) is 24.1 Å². The molecular formula is C25H22F3N5O3S. The summed E-state index contributed by atoms with van der Waals surface area (Å²) in [5.74, 6) is -0.926. The minimum absolute atomic E-state index is 0.0573. The van der Waals surface area contributed by atoms with Crippen LogP contribution in [0.15, 0.2) is 41.9 Å². The lowest BCUT2D eigenvalue weighted by molar-refractivity contribution is -0.326. The molecule has 0 radical (unpaired) electrons. The second-order valence-electron chi connectivity index (χ2n) is 9.25. The first-order valence-electron chi connectivity index (χ1n) is 11.8. The Labute approximate surface area is 212 Å². The summed E-state index contributed by atoms with van der Waals surface area (Å²) in [6, 6.07) is 8.93. The number of imide groups is 1. The molecule has 2 aliphatic heterocycles. The summed E-state index contributed by atoms with van der Waals surface area (Å²) in [5.41, 5.74) is 2.32. The highest BCUT2D eigenvalue weighted by molar-refractivity contribution is 7.16. The highest BCUT2D eigenvalue weighted by Gasteiger charge is 2.37. The maximum Gasteiger partial charge on any atom is 0.522 e. The van der Waals surface area contributed by atoms with Crippen LogP contribution >= 0.6 is 11.3 Å². The maximum absolute atomic E-state index is 13.0. The van der Waals surface area contributed by atoms with Gasteiger partial charge in [-0.25, -0.2) is 0 Å². The number of carbonyl (C=O) groups is 2. The Kier molecular flexibility index (Phi) is 5.89. The average molecular weight is 530 g/mol. The Hall–Kier alpha value is -3.48. The second-order valence-corrected chi connectivity index (χ2v) is 10.2. The Bertz CT molecular complexity index is 1550. The number of alkyl halides is 3. The zero-order valence-electron chi connectivity index (χ0n) is 19.4. The standard InChI is InChI=1S/C25H22F3N5O3S/c26-25(27,28)36-12-14-9-13(5-7-29-14)11-33-18-4-2-1-3-16(18)21(32-33)20-19(22(34)31-23(20)35)17-10-30-24-15(17)6-8-37-24/h1-4,6,8,10,13-14,29-30H,5,7,9,11-12H2,(H,31,34,35). The summed E-state index contributed by atoms with van der Waals surface area (Å²) < 4.78 is 43.4. The van der Waals surface area contributed by atoms with E-state index < -0.39 is 30.8 Å². The van der Waals surface area contributed by atoms with E-state index in [1.807, 2.05) is 35.7 Å². The zero-order valence-corrected chi connectivity index (χ0v) is 20.2. The van der Waals surface area contributed by atoms with Crippen LogP contribution in [0.3, 0.4) is 0 Å². The number of hydrogen-bond donors (Lipinski definition) is 3. The molecule has 37 heavy (non-hydrogen) atoms. The second kappa shape index (κ2) is 9.12. The van der Waals surface area contributed by atoms with Gasteiger partial charge in [0, 0.05) is 35.1 Å². The van der Waals surface area contributed by atoms with Crippen LogP contribution in [0, 0.1) is 5.92 Å². The van der Waals surface area contributed by atoms with Crippen molar-refractivity contribution in [1.29, 1.82) is 0 Å². The first kappa shape index (κ1) is 23.9. The van der Waals surface area contributed by atoms with Gasteiger partial charge < -0.3 is 10.3 Å². The molecule has 0 spiro atoms. The van der Waals surface area contributed by atoms with E-state index in [0.29, 0.717) is 30.8 Å². The number of benzene rings is 1. The molecule has 5 heterocycles. The number of nitrogens with zero attached hydrogens (tertiary/aromatic N) is 2. The molecule has 2 aliphatic rings. The molecule has 1 fully saturated rings. The van der Waals surface area contributed by atoms with E-state index in [4.69, 9.17) is 5.10 Å². The van der Waals surface area contributed by atoms with Crippen LogP contribution in [0.5, 0.6) is 0 Å². The fraction of sp³-hybridized carbons (Fsp3) is 0.320. The SMILES string of the molecule is O=C1NC(=O)C(c2nn(CC3CCNC(COC(F)(F)F)C3)c3ccccc23)=C1c1c[nH]c2sccc12. The number of carbonyl (C=O) groups excluding carboxylic acids is 2. The van der Waals surface area contributed by atoms with E-state index in [1.165, 1.54) is 11.3 Å². The van der Waals surface area contributed by atoms with Gasteiger partial charge in [0.25, 0.3) is 11.8 Å². The van der Waals surface area contributed by atoms with Crippen molar-refractivity contribution in [2.24, 2.45) is 5.92 Å². The number of halogens is 3. The smallest absolute Gasteiger partial charge is 0.352 e. The van der Waals surface area contributed by atoms with Gasteiger partial charge in [-0.3, -0.25) is 24.3 Å². The minimum atomic E-state index is -4.67. The van der Waals surface area contributed by atoms with Gasteiger partial charge in [-0.15, -0.1) is 24.5 Å². The van der Waals surface area contributed by atoms with Crippen molar-refractivity contribution in [3.63, 3.8) is 0 Å². The first-order chi connectivity index (χ1) is 17.8. The van der Waals surface area contributed by atoms with Crippen molar-refractivity contribution in [2.45, 2.75) is 31.8 Å². The first-order valence-corrected chi connectivity index (χ1v) is 12.7. The number of piperidine rings is 1. The third-order valence-corrected chi connectivity index (χ3v) is 7.73. The van der Waals surface area contributed by atoms with Crippen LogP contribution in [-0.4, -0.2) is 52.1 Å². The molecule has 6 rings (SSSR count). The number of hydrogen-bond acceptors (Lipinski definition) is 6. The predicted molar refractivity (Wildman–Crippen MR) is 132 cm³/mol. The fourth-order valence-corrected chi connectivity index (χ4v) is 6.04. The molecule has 1 saturated heterocycles. The molecule has 3 N–H and O–H groups in total. The van der Waals surface area contributed by atoms with Gasteiger partial charge in [0.2, 0.25) is 0 Å². The molecule has 0 saturated carbocycles. The number of rotatable bonds is 6. The number of H-pyrrole nitrogens is 1. The predicted octanol–water partition coefficient (Wildman–Crippen LogP) is 4.05. The molecule has 0 aliphatic carbocycles. The summed E-state index contributed by atoms with van der Waals surface area (Å²) in [7, 11) is 0. The maximum atomic E-state index is 13.0. The fourth-order valence-electron chi connectivity index (χ4n) is 5.27. The van der Waals surface area contributed by atoms with E-state index in [0.717, 1.165) is 27.5 Å². The van der Waals surface area contributed by atoms with Crippen molar-refractivity contribution < 1.29 is 27.5 Å². The van der Waals surface area contributed by atoms with Crippen molar-refractivity contribution in [2.75, 3.05) is 13.2 Å². The monoisotopic (exact) mass is 529 g/mol. The molecule has 2 atom stereocenters. The highest BCUT2D eigenvalue weighted by atomic mass is 32.1. The van der Waals surface area contributed by atoms with Gasteiger partial charge in [0.05, 0.1) is 23.3 Å². The molecule has 0 bridgehead atoms. The summed E-state index contributed by atoms with van der Waals surface area (Å²) in [5, 5.41) is 13.8. The molecule has 2 amide bonds. The Morgan fingerprint density at radius 3 is 2.76 bits per heavy atom. The molecule has 1 aromatic carbocycles. The topological polar surface area (TPSA) is 101 Å². The van der Waals surface area contributed by atoms with Crippen LogP contribution in [0.2, 0.25) is 0 Å². The Morgan fingerprint density at radius 1 is 1.11 bits per heavy atom. The molecule has 8 nitrogen and oxygen atoms in total. The third kappa shape index (κ3) is 4.45. The van der Waals surface area contributed by atoms with Crippen molar-refractivity contribution in [1.82, 2.24) is 25.4 Å². The van der Waals surface area contributed by atoms with E-state index in [-0.39, 0.29) is 17.1 Å². The largest absolute Gasteiger partial charge is 0.522 e. The zero-order chi connectivity index (χ0) is 25.7. The highest BCUT2D eigenvalue weighted by Crippen LogP contribution is 2.38. The van der Waals surface area contributed by atoms with Crippen LogP contribution in [-0.2, 0) is 20.9 Å². The summed E-state index contributed by atoms with van der Waals surface area (Å²) in [4.78, 5) is 30.0.